The number of aromatic nitrogens is 2. The molecule has 0 aliphatic heterocycles. The van der Waals surface area contributed by atoms with Crippen LogP contribution in [0.1, 0.15) is 16.8 Å². The molecule has 0 aliphatic carbocycles. The van der Waals surface area contributed by atoms with Crippen molar-refractivity contribution in [2.75, 3.05) is 18.5 Å². The minimum absolute atomic E-state index is 0.216. The van der Waals surface area contributed by atoms with Gasteiger partial charge in [-0.25, -0.2) is 0 Å². The number of aliphatic carboxylic acids is 1. The van der Waals surface area contributed by atoms with Crippen LogP contribution in [0.25, 0.3) is 0 Å². The van der Waals surface area contributed by atoms with Crippen molar-refractivity contribution in [2.45, 2.75) is 13.8 Å². The summed E-state index contributed by atoms with van der Waals surface area (Å²) in [5.74, 6) is -0.681. The van der Waals surface area contributed by atoms with Crippen LogP contribution in [0.15, 0.2) is 0 Å². The van der Waals surface area contributed by atoms with Crippen LogP contribution in [0, 0.1) is 25.2 Å². The van der Waals surface area contributed by atoms with Crippen LogP contribution in [0.5, 0.6) is 0 Å². The van der Waals surface area contributed by atoms with E-state index in [1.54, 1.807) is 20.9 Å². The van der Waals surface area contributed by atoms with Gasteiger partial charge in [0.15, 0.2) is 5.82 Å². The summed E-state index contributed by atoms with van der Waals surface area (Å²) in [6.07, 6.45) is 0. The fraction of sp³-hybridized carbons (Fsp3) is 0.400. The summed E-state index contributed by atoms with van der Waals surface area (Å²) in [5, 5.41) is 25.4. The number of hydrogen-bond donors (Lipinski definition) is 1. The summed E-state index contributed by atoms with van der Waals surface area (Å²) in [7, 11) is 1.56. The standard InChI is InChI=1S/C10H12N4O2/c1-6-7(2)12-13-10(8(6)4-11)14(3)5-9(15)16/h5H2,1-3H3,(H,15,16). The summed E-state index contributed by atoms with van der Waals surface area (Å²) < 4.78 is 0. The second-order valence-electron chi connectivity index (χ2n) is 3.47. The molecule has 0 saturated heterocycles. The first kappa shape index (κ1) is 11.9. The second kappa shape index (κ2) is 4.57. The lowest BCUT2D eigenvalue weighted by molar-refractivity contribution is -0.135. The van der Waals surface area contributed by atoms with Crippen molar-refractivity contribution in [2.24, 2.45) is 0 Å². The van der Waals surface area contributed by atoms with Crippen LogP contribution in [0.4, 0.5) is 5.82 Å². The molecule has 1 aromatic heterocycles. The van der Waals surface area contributed by atoms with Crippen molar-refractivity contribution in [3.05, 3.63) is 16.8 Å². The molecule has 6 heteroatoms. The van der Waals surface area contributed by atoms with Crippen LogP contribution in [0.2, 0.25) is 0 Å². The highest BCUT2D eigenvalue weighted by atomic mass is 16.4. The molecule has 0 atom stereocenters. The Balaban J connectivity index is 3.20. The molecule has 0 radical (unpaired) electrons. The maximum atomic E-state index is 10.6. The molecule has 0 unspecified atom stereocenters. The van der Waals surface area contributed by atoms with Crippen molar-refractivity contribution in [3.8, 4) is 6.07 Å². The topological polar surface area (TPSA) is 90.1 Å². The first-order valence-electron chi connectivity index (χ1n) is 4.64. The van der Waals surface area contributed by atoms with Gasteiger partial charge < -0.3 is 10.0 Å². The van der Waals surface area contributed by atoms with Gasteiger partial charge in [-0.2, -0.15) is 10.4 Å². The summed E-state index contributed by atoms with van der Waals surface area (Å²) in [5.41, 5.74) is 1.77. The Morgan fingerprint density at radius 3 is 2.62 bits per heavy atom. The predicted octanol–water partition coefficient (Wildman–Crippen LogP) is 0.486. The molecule has 0 saturated carbocycles. The third-order valence-corrected chi connectivity index (χ3v) is 2.28. The Morgan fingerprint density at radius 1 is 1.50 bits per heavy atom. The molecule has 6 nitrogen and oxygen atoms in total. The monoisotopic (exact) mass is 220 g/mol. The fourth-order valence-electron chi connectivity index (χ4n) is 1.27. The average Bonchev–Trinajstić information content (AvgIpc) is 2.20. The number of nitriles is 1. The van der Waals surface area contributed by atoms with E-state index in [1.165, 1.54) is 4.90 Å². The number of hydrogen-bond acceptors (Lipinski definition) is 5. The molecule has 1 N–H and O–H groups in total. The van der Waals surface area contributed by atoms with E-state index in [2.05, 4.69) is 10.2 Å². The molecule has 1 heterocycles. The van der Waals surface area contributed by atoms with Gasteiger partial charge >= 0.3 is 5.97 Å². The highest BCUT2D eigenvalue weighted by molar-refractivity contribution is 5.74. The number of aryl methyl sites for hydroxylation is 1. The first-order chi connectivity index (χ1) is 7.47. The number of rotatable bonds is 3. The lowest BCUT2D eigenvalue weighted by Gasteiger charge is -2.17. The van der Waals surface area contributed by atoms with Gasteiger partial charge in [0.1, 0.15) is 18.2 Å². The van der Waals surface area contributed by atoms with Gasteiger partial charge in [0.25, 0.3) is 0 Å². The van der Waals surface area contributed by atoms with Crippen LogP contribution >= 0.6 is 0 Å². The third-order valence-electron chi connectivity index (χ3n) is 2.28. The zero-order valence-electron chi connectivity index (χ0n) is 9.35. The summed E-state index contributed by atoms with van der Waals surface area (Å²) >= 11 is 0. The Kier molecular flexibility index (Phi) is 3.40. The molecule has 0 aromatic carbocycles. The fourth-order valence-corrected chi connectivity index (χ4v) is 1.27. The zero-order chi connectivity index (χ0) is 12.3. The van der Waals surface area contributed by atoms with E-state index in [0.29, 0.717) is 17.1 Å². The molecule has 84 valence electrons. The van der Waals surface area contributed by atoms with Gasteiger partial charge in [-0.1, -0.05) is 0 Å². The number of carboxylic acids is 1. The average molecular weight is 220 g/mol. The highest BCUT2D eigenvalue weighted by Gasteiger charge is 2.16. The van der Waals surface area contributed by atoms with Gasteiger partial charge in [-0.05, 0) is 19.4 Å². The van der Waals surface area contributed by atoms with Gasteiger partial charge in [-0.15, -0.1) is 5.10 Å². The number of nitrogens with zero attached hydrogens (tertiary/aromatic N) is 4. The van der Waals surface area contributed by atoms with Crippen LogP contribution in [0.3, 0.4) is 0 Å². The van der Waals surface area contributed by atoms with E-state index >= 15 is 0 Å². The van der Waals surface area contributed by atoms with Crippen molar-refractivity contribution in [1.29, 1.82) is 5.26 Å². The third kappa shape index (κ3) is 2.25. The van der Waals surface area contributed by atoms with Gasteiger partial charge in [0, 0.05) is 7.05 Å². The van der Waals surface area contributed by atoms with Crippen LogP contribution < -0.4 is 4.90 Å². The molecule has 0 bridgehead atoms. The first-order valence-corrected chi connectivity index (χ1v) is 4.64. The summed E-state index contributed by atoms with van der Waals surface area (Å²) in [4.78, 5) is 12.0. The van der Waals surface area contributed by atoms with Crippen molar-refractivity contribution < 1.29 is 9.90 Å². The SMILES string of the molecule is Cc1nnc(N(C)CC(=O)O)c(C#N)c1C. The minimum Gasteiger partial charge on any atom is -0.480 e. The van der Waals surface area contributed by atoms with Crippen molar-refractivity contribution in [3.63, 3.8) is 0 Å². The number of carbonyl (C=O) groups is 1. The summed E-state index contributed by atoms with van der Waals surface area (Å²) in [6, 6.07) is 2.02. The van der Waals surface area contributed by atoms with E-state index in [4.69, 9.17) is 10.4 Å². The van der Waals surface area contributed by atoms with E-state index < -0.39 is 5.97 Å². The van der Waals surface area contributed by atoms with E-state index in [1.807, 2.05) is 6.07 Å². The minimum atomic E-state index is -0.980. The molecular formula is C10H12N4O2. The molecule has 0 aliphatic rings. The smallest absolute Gasteiger partial charge is 0.323 e. The molecule has 0 spiro atoms. The number of carboxylic acid groups (broad SMARTS) is 1. The molecule has 0 fully saturated rings. The predicted molar refractivity (Wildman–Crippen MR) is 57.1 cm³/mol. The molecule has 1 rings (SSSR count). The molecular weight excluding hydrogens is 208 g/mol. The Morgan fingerprint density at radius 2 is 2.12 bits per heavy atom. The number of likely N-dealkylation sites (N-methyl/N-ethyl adjacent to an activating group) is 1. The maximum Gasteiger partial charge on any atom is 0.323 e. The molecule has 1 aromatic rings. The Hall–Kier alpha value is -2.16. The van der Waals surface area contributed by atoms with E-state index in [9.17, 15) is 4.79 Å². The van der Waals surface area contributed by atoms with Gasteiger partial charge in [0.2, 0.25) is 0 Å². The Labute approximate surface area is 93.1 Å². The zero-order valence-corrected chi connectivity index (χ0v) is 9.35. The van der Waals surface area contributed by atoms with Crippen molar-refractivity contribution in [1.82, 2.24) is 10.2 Å². The largest absolute Gasteiger partial charge is 0.480 e. The second-order valence-corrected chi connectivity index (χ2v) is 3.47. The molecule has 0 amide bonds. The van der Waals surface area contributed by atoms with Crippen LogP contribution in [-0.4, -0.2) is 34.9 Å². The normalized spacial score (nSPS) is 9.62. The van der Waals surface area contributed by atoms with E-state index in [0.717, 1.165) is 5.56 Å². The highest BCUT2D eigenvalue weighted by Crippen LogP contribution is 2.19. The van der Waals surface area contributed by atoms with Crippen LogP contribution in [-0.2, 0) is 4.79 Å². The lowest BCUT2D eigenvalue weighted by Crippen LogP contribution is -2.27. The van der Waals surface area contributed by atoms with E-state index in [-0.39, 0.29) is 6.54 Å². The van der Waals surface area contributed by atoms with Gasteiger partial charge in [-0.3, -0.25) is 4.79 Å². The van der Waals surface area contributed by atoms with Gasteiger partial charge in [0.05, 0.1) is 5.69 Å². The summed E-state index contributed by atoms with van der Waals surface area (Å²) in [6.45, 7) is 3.30. The number of anilines is 1. The maximum absolute atomic E-state index is 10.6. The quantitative estimate of drug-likeness (QED) is 0.797. The Bertz CT molecular complexity index is 465. The lowest BCUT2D eigenvalue weighted by atomic mass is 10.1. The van der Waals surface area contributed by atoms with Crippen molar-refractivity contribution >= 4 is 11.8 Å². The molecule has 16 heavy (non-hydrogen) atoms.